The monoisotopic (exact) mass is 101 g/mol. The van der Waals surface area contributed by atoms with Crippen LogP contribution in [0.2, 0.25) is 0 Å². The van der Waals surface area contributed by atoms with Crippen LogP contribution in [0.1, 0.15) is 12.8 Å². The highest BCUT2D eigenvalue weighted by atomic mass is 16.6. The average Bonchev–Trinajstić information content (AvgIpc) is 2.42. The molecule has 0 aromatic carbocycles. The maximum atomic E-state index is 4.91. The lowest BCUT2D eigenvalue weighted by Crippen LogP contribution is -2.08. The molecule has 1 saturated carbocycles. The Morgan fingerprint density at radius 3 is 2.86 bits per heavy atom. The maximum Gasteiger partial charge on any atom is 0.0710 e. The van der Waals surface area contributed by atoms with E-state index < -0.39 is 0 Å². The summed E-state index contributed by atoms with van der Waals surface area (Å²) < 4.78 is 0. The number of hydroxylamine groups is 1. The number of rotatable bonds is 3. The van der Waals surface area contributed by atoms with Crippen molar-refractivity contribution in [2.24, 2.45) is 5.92 Å². The highest BCUT2D eigenvalue weighted by molar-refractivity contribution is 4.71. The van der Waals surface area contributed by atoms with Gasteiger partial charge in [0.2, 0.25) is 0 Å². The Morgan fingerprint density at radius 2 is 2.43 bits per heavy atom. The molecular weight excluding hydrogens is 90.1 g/mol. The molecular formula is C5H11NO. The van der Waals surface area contributed by atoms with Crippen molar-refractivity contribution < 1.29 is 4.84 Å². The molecule has 0 bridgehead atoms. The maximum absolute atomic E-state index is 4.91. The summed E-state index contributed by atoms with van der Waals surface area (Å²) in [6.45, 7) is 0.899. The third-order valence-electron chi connectivity index (χ3n) is 1.16. The minimum atomic E-state index is 0.868. The van der Waals surface area contributed by atoms with Crippen molar-refractivity contribution in [1.29, 1.82) is 0 Å². The van der Waals surface area contributed by atoms with Crippen molar-refractivity contribution in [2.75, 3.05) is 13.7 Å². The molecule has 0 atom stereocenters. The van der Waals surface area contributed by atoms with Crippen molar-refractivity contribution in [3.05, 3.63) is 0 Å². The minimum Gasteiger partial charge on any atom is -0.302 e. The van der Waals surface area contributed by atoms with Crippen LogP contribution in [0, 0.1) is 5.92 Å². The van der Waals surface area contributed by atoms with Crippen molar-refractivity contribution >= 4 is 0 Å². The van der Waals surface area contributed by atoms with E-state index >= 15 is 0 Å². The molecule has 42 valence electrons. The molecule has 0 radical (unpaired) electrons. The summed E-state index contributed by atoms with van der Waals surface area (Å²) in [4.78, 5) is 4.91. The van der Waals surface area contributed by atoms with Gasteiger partial charge in [-0.05, 0) is 18.8 Å². The smallest absolute Gasteiger partial charge is 0.0710 e. The SMILES string of the molecule is CNOCC1CC1. The summed E-state index contributed by atoms with van der Waals surface area (Å²) in [7, 11) is 1.79. The van der Waals surface area contributed by atoms with Gasteiger partial charge in [-0.3, -0.25) is 0 Å². The van der Waals surface area contributed by atoms with E-state index in [-0.39, 0.29) is 0 Å². The van der Waals surface area contributed by atoms with Crippen molar-refractivity contribution in [3.8, 4) is 0 Å². The zero-order valence-electron chi connectivity index (χ0n) is 4.61. The predicted molar refractivity (Wildman–Crippen MR) is 27.7 cm³/mol. The van der Waals surface area contributed by atoms with E-state index in [2.05, 4.69) is 5.48 Å². The molecule has 2 heteroatoms. The van der Waals surface area contributed by atoms with Gasteiger partial charge in [0.1, 0.15) is 0 Å². The lowest BCUT2D eigenvalue weighted by Gasteiger charge is -1.94. The Kier molecular flexibility index (Phi) is 1.65. The van der Waals surface area contributed by atoms with Gasteiger partial charge in [-0.15, -0.1) is 0 Å². The van der Waals surface area contributed by atoms with Crippen LogP contribution in [0.25, 0.3) is 0 Å². The summed E-state index contributed by atoms with van der Waals surface area (Å²) in [5.74, 6) is 0.868. The van der Waals surface area contributed by atoms with Crippen LogP contribution in [0.4, 0.5) is 0 Å². The summed E-state index contributed by atoms with van der Waals surface area (Å²) in [5, 5.41) is 0. The molecule has 0 aliphatic heterocycles. The largest absolute Gasteiger partial charge is 0.302 e. The molecule has 0 unspecified atom stereocenters. The van der Waals surface area contributed by atoms with Crippen LogP contribution in [0.15, 0.2) is 0 Å². The van der Waals surface area contributed by atoms with Gasteiger partial charge in [0.05, 0.1) is 6.61 Å². The first-order valence-corrected chi connectivity index (χ1v) is 2.72. The van der Waals surface area contributed by atoms with Crippen molar-refractivity contribution in [1.82, 2.24) is 5.48 Å². The Morgan fingerprint density at radius 1 is 1.71 bits per heavy atom. The molecule has 1 aliphatic rings. The van der Waals surface area contributed by atoms with Crippen molar-refractivity contribution in [3.63, 3.8) is 0 Å². The normalized spacial score (nSPS) is 20.1. The second-order valence-electron chi connectivity index (χ2n) is 1.96. The van der Waals surface area contributed by atoms with Crippen LogP contribution in [0.5, 0.6) is 0 Å². The first-order valence-electron chi connectivity index (χ1n) is 2.72. The van der Waals surface area contributed by atoms with E-state index in [4.69, 9.17) is 4.84 Å². The molecule has 7 heavy (non-hydrogen) atoms. The van der Waals surface area contributed by atoms with Crippen LogP contribution in [-0.4, -0.2) is 13.7 Å². The molecule has 0 aromatic rings. The summed E-state index contributed by atoms with van der Waals surface area (Å²) in [6.07, 6.45) is 2.73. The first-order chi connectivity index (χ1) is 3.43. The molecule has 1 fully saturated rings. The van der Waals surface area contributed by atoms with Gasteiger partial charge in [-0.1, -0.05) is 0 Å². The third-order valence-corrected chi connectivity index (χ3v) is 1.16. The van der Waals surface area contributed by atoms with E-state index in [9.17, 15) is 0 Å². The molecule has 0 saturated heterocycles. The van der Waals surface area contributed by atoms with Gasteiger partial charge in [-0.25, -0.2) is 5.48 Å². The summed E-state index contributed by atoms with van der Waals surface area (Å²) >= 11 is 0. The Hall–Kier alpha value is -0.0800. The van der Waals surface area contributed by atoms with Crippen LogP contribution < -0.4 is 5.48 Å². The van der Waals surface area contributed by atoms with Crippen LogP contribution in [0.3, 0.4) is 0 Å². The number of hydrogen-bond acceptors (Lipinski definition) is 2. The molecule has 1 rings (SSSR count). The second kappa shape index (κ2) is 2.28. The summed E-state index contributed by atoms with van der Waals surface area (Å²) in [6, 6.07) is 0. The fourth-order valence-electron chi connectivity index (χ4n) is 0.486. The Bertz CT molecular complexity index is 52.0. The fraction of sp³-hybridized carbons (Fsp3) is 1.00. The van der Waals surface area contributed by atoms with E-state index in [0.29, 0.717) is 0 Å². The lowest BCUT2D eigenvalue weighted by molar-refractivity contribution is 0.0501. The molecule has 0 aromatic heterocycles. The fourth-order valence-corrected chi connectivity index (χ4v) is 0.486. The lowest BCUT2D eigenvalue weighted by atomic mass is 10.5. The zero-order valence-corrected chi connectivity index (χ0v) is 4.61. The third kappa shape index (κ3) is 1.90. The topological polar surface area (TPSA) is 21.3 Å². The van der Waals surface area contributed by atoms with E-state index in [0.717, 1.165) is 12.5 Å². The van der Waals surface area contributed by atoms with E-state index in [1.807, 2.05) is 0 Å². The molecule has 1 aliphatic carbocycles. The molecule has 0 spiro atoms. The molecule has 2 nitrogen and oxygen atoms in total. The standard InChI is InChI=1S/C5H11NO/c1-6-7-4-5-2-3-5/h5-6H,2-4H2,1H3. The summed E-state index contributed by atoms with van der Waals surface area (Å²) in [5.41, 5.74) is 2.64. The Labute approximate surface area is 43.8 Å². The highest BCUT2D eigenvalue weighted by Gasteiger charge is 2.20. The van der Waals surface area contributed by atoms with Gasteiger partial charge in [-0.2, -0.15) is 0 Å². The van der Waals surface area contributed by atoms with E-state index in [1.54, 1.807) is 7.05 Å². The number of nitrogens with one attached hydrogen (secondary N) is 1. The number of hydrogen-bond donors (Lipinski definition) is 1. The highest BCUT2D eigenvalue weighted by Crippen LogP contribution is 2.28. The second-order valence-corrected chi connectivity index (χ2v) is 1.96. The van der Waals surface area contributed by atoms with Gasteiger partial charge in [0, 0.05) is 7.05 Å². The quantitative estimate of drug-likeness (QED) is 0.524. The first kappa shape index (κ1) is 5.06. The molecule has 0 amide bonds. The molecule has 1 N–H and O–H groups in total. The van der Waals surface area contributed by atoms with Gasteiger partial charge < -0.3 is 4.84 Å². The van der Waals surface area contributed by atoms with Gasteiger partial charge >= 0.3 is 0 Å². The predicted octanol–water partition coefficient (Wildman–Crippen LogP) is 0.547. The van der Waals surface area contributed by atoms with E-state index in [1.165, 1.54) is 12.8 Å². The van der Waals surface area contributed by atoms with Crippen molar-refractivity contribution in [2.45, 2.75) is 12.8 Å². The molecule has 0 heterocycles. The van der Waals surface area contributed by atoms with Crippen LogP contribution >= 0.6 is 0 Å². The zero-order chi connectivity index (χ0) is 5.11. The van der Waals surface area contributed by atoms with Gasteiger partial charge in [0.15, 0.2) is 0 Å². The minimum absolute atomic E-state index is 0.868. The Balaban J connectivity index is 1.80. The average molecular weight is 101 g/mol. The van der Waals surface area contributed by atoms with Gasteiger partial charge in [0.25, 0.3) is 0 Å². The van der Waals surface area contributed by atoms with Crippen LogP contribution in [-0.2, 0) is 4.84 Å².